The van der Waals surface area contributed by atoms with Crippen molar-refractivity contribution in [3.63, 3.8) is 0 Å². The summed E-state index contributed by atoms with van der Waals surface area (Å²) in [6, 6.07) is 6.69. The smallest absolute Gasteiger partial charge is 0.239 e. The first kappa shape index (κ1) is 20.0. The average molecular weight is 363 g/mol. The first-order valence-corrected chi connectivity index (χ1v) is 7.92. The summed E-state index contributed by atoms with van der Waals surface area (Å²) in [7, 11) is 1.76. The maximum absolute atomic E-state index is 12.3. The van der Waals surface area contributed by atoms with Crippen LogP contribution < -0.4 is 10.5 Å². The van der Waals surface area contributed by atoms with E-state index in [2.05, 4.69) is 0 Å². The maximum Gasteiger partial charge on any atom is 0.239 e. The largest absolute Gasteiger partial charge is 0.492 e. The van der Waals surface area contributed by atoms with Crippen LogP contribution in [0.25, 0.3) is 0 Å². The molecule has 1 fully saturated rings. The van der Waals surface area contributed by atoms with Crippen molar-refractivity contribution in [3.05, 3.63) is 29.3 Å². The number of halogens is 2. The van der Waals surface area contributed by atoms with Gasteiger partial charge >= 0.3 is 0 Å². The minimum atomic E-state index is -0.454. The fraction of sp³-hybridized carbons (Fsp3) is 0.562. The molecule has 1 aliphatic heterocycles. The molecule has 1 unspecified atom stereocenters. The van der Waals surface area contributed by atoms with Gasteiger partial charge in [0, 0.05) is 25.3 Å². The maximum atomic E-state index is 12.3. The molecule has 2 N–H and O–H groups in total. The number of ether oxygens (including phenoxy) is 2. The molecule has 0 saturated carbocycles. The van der Waals surface area contributed by atoms with Crippen molar-refractivity contribution in [2.24, 2.45) is 11.7 Å². The number of carbonyl (C=O) groups excluding carboxylic acids is 1. The quantitative estimate of drug-likeness (QED) is 0.843. The third kappa shape index (κ3) is 6.18. The molecule has 5 nitrogen and oxygen atoms in total. The highest BCUT2D eigenvalue weighted by atomic mass is 35.5. The molecule has 0 bridgehead atoms. The van der Waals surface area contributed by atoms with Gasteiger partial charge in [-0.05, 0) is 43.0 Å². The molecule has 1 amide bonds. The molecule has 2 rings (SSSR count). The van der Waals surface area contributed by atoms with Crippen LogP contribution in [0.4, 0.5) is 0 Å². The monoisotopic (exact) mass is 362 g/mol. The van der Waals surface area contributed by atoms with E-state index in [1.54, 1.807) is 36.2 Å². The lowest BCUT2D eigenvalue weighted by Crippen LogP contribution is -2.48. The molecule has 7 heteroatoms. The van der Waals surface area contributed by atoms with Crippen LogP contribution in [0, 0.1) is 5.92 Å². The molecule has 0 aromatic heterocycles. The second-order valence-electron chi connectivity index (χ2n) is 5.54. The molecule has 1 aromatic rings. The van der Waals surface area contributed by atoms with Gasteiger partial charge in [-0.25, -0.2) is 0 Å². The third-order valence-electron chi connectivity index (χ3n) is 3.94. The number of nitrogens with two attached hydrogens (primary N) is 1. The van der Waals surface area contributed by atoms with Crippen molar-refractivity contribution in [1.82, 2.24) is 4.90 Å². The highest BCUT2D eigenvalue weighted by molar-refractivity contribution is 6.30. The Hall–Kier alpha value is -1.01. The van der Waals surface area contributed by atoms with Gasteiger partial charge in [0.25, 0.3) is 0 Å². The normalized spacial score (nSPS) is 16.3. The summed E-state index contributed by atoms with van der Waals surface area (Å²) in [5.41, 5.74) is 6.09. The Morgan fingerprint density at radius 1 is 1.39 bits per heavy atom. The van der Waals surface area contributed by atoms with Gasteiger partial charge in [0.05, 0.1) is 12.6 Å². The van der Waals surface area contributed by atoms with Gasteiger partial charge in [0.15, 0.2) is 0 Å². The van der Waals surface area contributed by atoms with Gasteiger partial charge in [0.2, 0.25) is 5.91 Å². The summed E-state index contributed by atoms with van der Waals surface area (Å²) in [4.78, 5) is 14.0. The summed E-state index contributed by atoms with van der Waals surface area (Å²) in [5.74, 6) is 0.909. The number of hydrogen-bond acceptors (Lipinski definition) is 4. The number of rotatable bonds is 6. The Bertz CT molecular complexity index is 479. The fourth-order valence-corrected chi connectivity index (χ4v) is 2.60. The first-order chi connectivity index (χ1) is 10.6. The number of likely N-dealkylation sites (N-methyl/N-ethyl adjacent to an activating group) is 1. The molecule has 0 aliphatic carbocycles. The van der Waals surface area contributed by atoms with Gasteiger partial charge in [0.1, 0.15) is 12.4 Å². The lowest BCUT2D eigenvalue weighted by molar-refractivity contribution is -0.133. The number of amides is 1. The molecular formula is C16H24Cl2N2O3. The van der Waals surface area contributed by atoms with Crippen molar-refractivity contribution in [1.29, 1.82) is 0 Å². The summed E-state index contributed by atoms with van der Waals surface area (Å²) >= 11 is 5.82. The molecule has 1 saturated heterocycles. The van der Waals surface area contributed by atoms with E-state index in [0.29, 0.717) is 31.4 Å². The van der Waals surface area contributed by atoms with Crippen molar-refractivity contribution in [2.45, 2.75) is 18.9 Å². The molecule has 1 heterocycles. The number of carbonyl (C=O) groups is 1. The molecule has 1 atom stereocenters. The van der Waals surface area contributed by atoms with Crippen molar-refractivity contribution in [3.8, 4) is 5.75 Å². The van der Waals surface area contributed by atoms with Crippen LogP contribution in [0.15, 0.2) is 24.3 Å². The van der Waals surface area contributed by atoms with E-state index in [9.17, 15) is 4.79 Å². The molecule has 0 spiro atoms. The van der Waals surface area contributed by atoms with Gasteiger partial charge in [-0.1, -0.05) is 11.6 Å². The van der Waals surface area contributed by atoms with E-state index in [0.717, 1.165) is 18.6 Å². The molecule has 0 radical (unpaired) electrons. The van der Waals surface area contributed by atoms with Gasteiger partial charge in [-0.2, -0.15) is 0 Å². The van der Waals surface area contributed by atoms with E-state index in [-0.39, 0.29) is 24.2 Å². The van der Waals surface area contributed by atoms with Crippen LogP contribution >= 0.6 is 24.0 Å². The molecule has 130 valence electrons. The zero-order valence-electron chi connectivity index (χ0n) is 13.2. The van der Waals surface area contributed by atoms with E-state index < -0.39 is 6.04 Å². The fourth-order valence-electron chi connectivity index (χ4n) is 2.47. The summed E-state index contributed by atoms with van der Waals surface area (Å²) < 4.78 is 10.9. The predicted octanol–water partition coefficient (Wildman–Crippen LogP) is 2.35. The molecule has 1 aliphatic rings. The Kier molecular flexibility index (Phi) is 8.69. The van der Waals surface area contributed by atoms with Crippen molar-refractivity contribution < 1.29 is 14.3 Å². The minimum Gasteiger partial charge on any atom is -0.492 e. The summed E-state index contributed by atoms with van der Waals surface area (Å²) in [6.07, 6.45) is 1.70. The lowest BCUT2D eigenvalue weighted by atomic mass is 9.91. The summed E-state index contributed by atoms with van der Waals surface area (Å²) in [5, 5.41) is 0.669. The highest BCUT2D eigenvalue weighted by Crippen LogP contribution is 2.19. The number of benzene rings is 1. The Balaban J connectivity index is 0.00000264. The molecular weight excluding hydrogens is 339 g/mol. The number of nitrogens with zero attached hydrogens (tertiary/aromatic N) is 1. The second kappa shape index (κ2) is 9.98. The van der Waals surface area contributed by atoms with E-state index in [1.165, 1.54) is 0 Å². The third-order valence-corrected chi connectivity index (χ3v) is 4.20. The van der Waals surface area contributed by atoms with E-state index >= 15 is 0 Å². The molecule has 1 aromatic carbocycles. The molecule has 23 heavy (non-hydrogen) atoms. The zero-order valence-corrected chi connectivity index (χ0v) is 14.8. The Morgan fingerprint density at radius 3 is 2.61 bits per heavy atom. The van der Waals surface area contributed by atoms with Crippen LogP contribution in [-0.4, -0.2) is 50.3 Å². The van der Waals surface area contributed by atoms with E-state index in [4.69, 9.17) is 26.8 Å². The highest BCUT2D eigenvalue weighted by Gasteiger charge is 2.28. The SMILES string of the molecule is CN(CCOc1ccc(Cl)cc1)C(=O)C(N)C1CCOCC1.Cl. The zero-order chi connectivity index (χ0) is 15.9. The van der Waals surface area contributed by atoms with Crippen LogP contribution in [0.2, 0.25) is 5.02 Å². The van der Waals surface area contributed by atoms with Crippen molar-refractivity contribution >= 4 is 29.9 Å². The van der Waals surface area contributed by atoms with Crippen LogP contribution in [0.1, 0.15) is 12.8 Å². The number of hydrogen-bond donors (Lipinski definition) is 1. The van der Waals surface area contributed by atoms with Gasteiger partial charge in [-0.3, -0.25) is 4.79 Å². The van der Waals surface area contributed by atoms with Crippen LogP contribution in [0.3, 0.4) is 0 Å². The van der Waals surface area contributed by atoms with E-state index in [1.807, 2.05) is 0 Å². The lowest BCUT2D eigenvalue weighted by Gasteiger charge is -2.29. The minimum absolute atomic E-state index is 0. The second-order valence-corrected chi connectivity index (χ2v) is 5.97. The summed E-state index contributed by atoms with van der Waals surface area (Å²) in [6.45, 7) is 2.30. The van der Waals surface area contributed by atoms with Gasteiger partial charge < -0.3 is 20.1 Å². The van der Waals surface area contributed by atoms with Gasteiger partial charge in [-0.15, -0.1) is 12.4 Å². The topological polar surface area (TPSA) is 64.8 Å². The predicted molar refractivity (Wildman–Crippen MR) is 93.4 cm³/mol. The first-order valence-electron chi connectivity index (χ1n) is 7.54. The Labute approximate surface area is 148 Å². The average Bonchev–Trinajstić information content (AvgIpc) is 2.56. The van der Waals surface area contributed by atoms with Crippen LogP contribution in [0.5, 0.6) is 5.75 Å². The van der Waals surface area contributed by atoms with Crippen molar-refractivity contribution in [2.75, 3.05) is 33.4 Å². The standard InChI is InChI=1S/C16H23ClN2O3.ClH/c1-19(8-11-22-14-4-2-13(17)3-5-14)16(20)15(18)12-6-9-21-10-7-12;/h2-5,12,15H,6-11,18H2,1H3;1H. The Morgan fingerprint density at radius 2 is 2.00 bits per heavy atom. The van der Waals surface area contributed by atoms with Crippen LogP contribution in [-0.2, 0) is 9.53 Å².